The zero-order valence-corrected chi connectivity index (χ0v) is 20.6. The van der Waals surface area contributed by atoms with Crippen molar-refractivity contribution in [3.05, 3.63) is 91.0 Å². The molecular formula is C28H36NO4P. The average Bonchev–Trinajstić information content (AvgIpc) is 2.91. The summed E-state index contributed by atoms with van der Waals surface area (Å²) in [6.45, 7) is -1.53. The number of rotatable bonds is 13. The van der Waals surface area contributed by atoms with Gasteiger partial charge in [-0.05, 0) is 0 Å². The third-order valence-electron chi connectivity index (χ3n) is 6.57. The first-order valence-electron chi connectivity index (χ1n) is 11.9. The molecule has 0 saturated carbocycles. The number of unbranched alkanes of at least 4 members (excludes halogenated alkanes) is 2. The molecule has 6 heteroatoms. The Labute approximate surface area is 202 Å². The quantitative estimate of drug-likeness (QED) is 0.222. The van der Waals surface area contributed by atoms with Gasteiger partial charge in [0.2, 0.25) is 0 Å². The third kappa shape index (κ3) is 6.11. The predicted octanol–water partition coefficient (Wildman–Crippen LogP) is 2.11. The molecule has 0 spiro atoms. The molecule has 3 aromatic carbocycles. The molecule has 0 fully saturated rings. The Hall–Kier alpha value is -2.56. The van der Waals surface area contributed by atoms with Crippen LogP contribution in [0, 0.1) is 0 Å². The van der Waals surface area contributed by atoms with Gasteiger partial charge >= 0.3 is 203 Å². The topological polar surface area (TPSA) is 89.8 Å². The number of amides is 1. The van der Waals surface area contributed by atoms with Crippen molar-refractivity contribution in [2.45, 2.75) is 31.2 Å². The van der Waals surface area contributed by atoms with Crippen LogP contribution < -0.4 is 21.2 Å². The first kappa shape index (κ1) is 26.1. The van der Waals surface area contributed by atoms with Gasteiger partial charge in [0.25, 0.3) is 0 Å². The van der Waals surface area contributed by atoms with Crippen molar-refractivity contribution in [2.75, 3.05) is 26.0 Å². The van der Waals surface area contributed by atoms with E-state index in [0.717, 1.165) is 19.0 Å². The Kier molecular flexibility index (Phi) is 9.79. The normalized spacial score (nSPS) is 12.3. The molecule has 1 amide bonds. The number of hydrogen-bond donors (Lipinski definition) is 4. The molecule has 34 heavy (non-hydrogen) atoms. The van der Waals surface area contributed by atoms with Crippen LogP contribution in [0.1, 0.15) is 25.7 Å². The molecule has 0 radical (unpaired) electrons. The molecule has 0 aromatic heterocycles. The van der Waals surface area contributed by atoms with E-state index in [9.17, 15) is 20.1 Å². The number of aliphatic hydroxyl groups excluding tert-OH is 3. The molecule has 0 heterocycles. The summed E-state index contributed by atoms with van der Waals surface area (Å²) >= 11 is 0. The first-order chi connectivity index (χ1) is 16.6. The van der Waals surface area contributed by atoms with Gasteiger partial charge in [-0.3, -0.25) is 0 Å². The Morgan fingerprint density at radius 1 is 0.647 bits per heavy atom. The zero-order valence-electron chi connectivity index (χ0n) is 19.6. The van der Waals surface area contributed by atoms with E-state index in [2.05, 4.69) is 96.3 Å². The molecular weight excluding hydrogens is 445 g/mol. The van der Waals surface area contributed by atoms with E-state index in [0.29, 0.717) is 6.42 Å². The molecule has 5 nitrogen and oxygen atoms in total. The van der Waals surface area contributed by atoms with Crippen molar-refractivity contribution in [2.24, 2.45) is 0 Å². The van der Waals surface area contributed by atoms with E-state index in [1.54, 1.807) is 0 Å². The second-order valence-corrected chi connectivity index (χ2v) is 12.9. The summed E-state index contributed by atoms with van der Waals surface area (Å²) < 4.78 is 0. The van der Waals surface area contributed by atoms with Crippen LogP contribution in [-0.2, 0) is 4.79 Å². The standard InChI is InChI=1S/C28H36NO4P/c30-21-28(22-31,23-32)29-27(33)19-11-4-12-20-34(24-13-5-1-6-14-24,25-15-7-2-8-16-25)26-17-9-3-10-18-26/h1-3,5-10,13-18,30-32,34H,4,11-12,19-23H2,(H,29,33). The van der Waals surface area contributed by atoms with Gasteiger partial charge in [-0.1, -0.05) is 0 Å². The molecule has 182 valence electrons. The molecule has 3 rings (SSSR count). The van der Waals surface area contributed by atoms with Gasteiger partial charge in [0.05, 0.1) is 0 Å². The molecule has 0 atom stereocenters. The fourth-order valence-corrected chi connectivity index (χ4v) is 9.51. The minimum absolute atomic E-state index is 0.269. The van der Waals surface area contributed by atoms with Gasteiger partial charge in [0, 0.05) is 0 Å². The second kappa shape index (κ2) is 12.8. The van der Waals surface area contributed by atoms with Crippen molar-refractivity contribution in [3.63, 3.8) is 0 Å². The van der Waals surface area contributed by atoms with E-state index < -0.39 is 32.6 Å². The summed E-state index contributed by atoms with van der Waals surface area (Å²) in [7, 11) is -2.26. The number of aliphatic hydroxyl groups is 3. The van der Waals surface area contributed by atoms with Gasteiger partial charge in [-0.2, -0.15) is 0 Å². The maximum atomic E-state index is 12.3. The van der Waals surface area contributed by atoms with Crippen LogP contribution in [0.5, 0.6) is 0 Å². The van der Waals surface area contributed by atoms with E-state index in [1.165, 1.54) is 15.9 Å². The van der Waals surface area contributed by atoms with Crippen LogP contribution in [-0.4, -0.2) is 52.7 Å². The summed E-state index contributed by atoms with van der Waals surface area (Å²) in [5, 5.41) is 35.0. The van der Waals surface area contributed by atoms with Crippen LogP contribution >= 0.6 is 7.26 Å². The molecule has 0 aliphatic heterocycles. The summed E-state index contributed by atoms with van der Waals surface area (Å²) in [5.41, 5.74) is -1.37. The fourth-order valence-electron chi connectivity index (χ4n) is 4.58. The van der Waals surface area contributed by atoms with Crippen LogP contribution in [0.4, 0.5) is 0 Å². The van der Waals surface area contributed by atoms with Gasteiger partial charge in [0.15, 0.2) is 0 Å². The zero-order chi connectivity index (χ0) is 24.3. The van der Waals surface area contributed by atoms with E-state index in [1.807, 2.05) is 0 Å². The predicted molar refractivity (Wildman–Crippen MR) is 142 cm³/mol. The molecule has 3 aromatic rings. The monoisotopic (exact) mass is 481 g/mol. The Balaban J connectivity index is 1.76. The van der Waals surface area contributed by atoms with Crippen LogP contribution in [0.3, 0.4) is 0 Å². The fraction of sp³-hybridized carbons (Fsp3) is 0.321. The second-order valence-electron chi connectivity index (χ2n) is 8.87. The third-order valence-corrected chi connectivity index (χ3v) is 11.6. The van der Waals surface area contributed by atoms with Gasteiger partial charge in [-0.15, -0.1) is 0 Å². The van der Waals surface area contributed by atoms with Gasteiger partial charge in [0.1, 0.15) is 0 Å². The number of benzene rings is 3. The van der Waals surface area contributed by atoms with Crippen LogP contribution in [0.25, 0.3) is 0 Å². The maximum absolute atomic E-state index is 12.3. The Morgan fingerprint density at radius 2 is 1.06 bits per heavy atom. The molecule has 0 aliphatic carbocycles. The van der Waals surface area contributed by atoms with E-state index in [4.69, 9.17) is 0 Å². The molecule has 0 unspecified atom stereocenters. The number of hydrogen-bond acceptors (Lipinski definition) is 4. The van der Waals surface area contributed by atoms with Crippen molar-refractivity contribution >= 4 is 29.1 Å². The van der Waals surface area contributed by atoms with Crippen molar-refractivity contribution in [3.8, 4) is 0 Å². The average molecular weight is 482 g/mol. The first-order valence-corrected chi connectivity index (χ1v) is 14.1. The van der Waals surface area contributed by atoms with Crippen molar-refractivity contribution < 1.29 is 20.1 Å². The van der Waals surface area contributed by atoms with Crippen molar-refractivity contribution in [1.29, 1.82) is 0 Å². The number of nitrogens with one attached hydrogen (secondary N) is 1. The molecule has 0 bridgehead atoms. The van der Waals surface area contributed by atoms with Gasteiger partial charge in [-0.25, -0.2) is 0 Å². The number of carbonyl (C=O) groups is 1. The molecule has 0 aliphatic rings. The summed E-state index contributed by atoms with van der Waals surface area (Å²) in [5.74, 6) is -0.269. The van der Waals surface area contributed by atoms with E-state index in [-0.39, 0.29) is 12.3 Å². The summed E-state index contributed by atoms with van der Waals surface area (Å²) in [6, 6.07) is 32.3. The number of carbonyl (C=O) groups excluding carboxylic acids is 1. The Bertz CT molecular complexity index is 890. The summed E-state index contributed by atoms with van der Waals surface area (Å²) in [4.78, 5) is 12.3. The van der Waals surface area contributed by atoms with Gasteiger partial charge < -0.3 is 0 Å². The van der Waals surface area contributed by atoms with Crippen LogP contribution in [0.15, 0.2) is 91.0 Å². The van der Waals surface area contributed by atoms with Crippen LogP contribution in [0.2, 0.25) is 0 Å². The Morgan fingerprint density at radius 3 is 1.44 bits per heavy atom. The minimum atomic E-state index is -2.26. The van der Waals surface area contributed by atoms with Crippen molar-refractivity contribution in [1.82, 2.24) is 5.32 Å². The SMILES string of the molecule is O=C(CCCCC[PH](c1ccccc1)(c1ccccc1)c1ccccc1)NC(CO)(CO)CO. The van der Waals surface area contributed by atoms with E-state index >= 15 is 0 Å². The molecule has 4 N–H and O–H groups in total. The molecule has 0 saturated heterocycles. The summed E-state index contributed by atoms with van der Waals surface area (Å²) in [6.07, 6.45) is 3.88.